The van der Waals surface area contributed by atoms with Crippen molar-refractivity contribution >= 4 is 23.5 Å². The molecule has 0 spiro atoms. The highest BCUT2D eigenvalue weighted by molar-refractivity contribution is 5.95. The molecule has 0 aromatic heterocycles. The number of non-ortho nitro benzene ring substituents is 2. The van der Waals surface area contributed by atoms with E-state index in [1.165, 1.54) is 6.21 Å². The Bertz CT molecular complexity index is 508. The molecule has 0 atom stereocenters. The Balaban J connectivity index is 3.22. The van der Waals surface area contributed by atoms with E-state index in [1.807, 2.05) is 0 Å². The van der Waals surface area contributed by atoms with E-state index >= 15 is 0 Å². The van der Waals surface area contributed by atoms with Crippen molar-refractivity contribution in [1.29, 1.82) is 0 Å². The molecule has 1 aromatic rings. The van der Waals surface area contributed by atoms with Crippen LogP contribution in [0.3, 0.4) is 0 Å². The number of hydrogen-bond acceptors (Lipinski definition) is 6. The first-order valence-electron chi connectivity index (χ1n) is 4.67. The smallest absolute Gasteiger partial charge is 0.267 e. The van der Waals surface area contributed by atoms with Crippen LogP contribution in [-0.4, -0.2) is 22.0 Å². The summed E-state index contributed by atoms with van der Waals surface area (Å²) >= 11 is 0. The number of nitrogens with one attached hydrogen (secondary N) is 1. The van der Waals surface area contributed by atoms with Crippen LogP contribution in [0.25, 0.3) is 0 Å². The highest BCUT2D eigenvalue weighted by atomic mass is 16.6. The monoisotopic (exact) mass is 252 g/mol. The average Bonchev–Trinajstić information content (AvgIpc) is 2.35. The van der Waals surface area contributed by atoms with Gasteiger partial charge in [0.25, 0.3) is 17.3 Å². The van der Waals surface area contributed by atoms with Crippen LogP contribution in [0.15, 0.2) is 23.3 Å². The van der Waals surface area contributed by atoms with Crippen molar-refractivity contribution in [2.24, 2.45) is 5.10 Å². The number of nitrogens with zero attached hydrogens (tertiary/aromatic N) is 3. The van der Waals surface area contributed by atoms with Crippen LogP contribution in [0.1, 0.15) is 17.3 Å². The second kappa shape index (κ2) is 5.48. The van der Waals surface area contributed by atoms with Gasteiger partial charge in [-0.05, 0) is 6.92 Å². The van der Waals surface area contributed by atoms with Crippen molar-refractivity contribution < 1.29 is 14.6 Å². The topological polar surface area (TPSA) is 128 Å². The summed E-state index contributed by atoms with van der Waals surface area (Å²) in [6.45, 7) is 1.55. The molecule has 0 aliphatic rings. The van der Waals surface area contributed by atoms with Gasteiger partial charge in [-0.15, -0.1) is 0 Å². The van der Waals surface area contributed by atoms with Gasteiger partial charge in [0.2, 0.25) is 0 Å². The van der Waals surface area contributed by atoms with Gasteiger partial charge in [0.05, 0.1) is 21.5 Å². The highest BCUT2D eigenvalue weighted by Gasteiger charge is 2.19. The molecule has 9 nitrogen and oxygen atoms in total. The van der Waals surface area contributed by atoms with E-state index in [-0.39, 0.29) is 5.56 Å². The first kappa shape index (κ1) is 13.2. The molecule has 0 heterocycles. The molecule has 0 saturated heterocycles. The lowest BCUT2D eigenvalue weighted by atomic mass is 10.1. The lowest BCUT2D eigenvalue weighted by molar-refractivity contribution is -0.394. The Morgan fingerprint density at radius 2 is 1.72 bits per heavy atom. The van der Waals surface area contributed by atoms with Crippen molar-refractivity contribution in [3.8, 4) is 0 Å². The van der Waals surface area contributed by atoms with E-state index < -0.39 is 27.1 Å². The van der Waals surface area contributed by atoms with Crippen molar-refractivity contribution in [2.45, 2.75) is 6.92 Å². The van der Waals surface area contributed by atoms with E-state index in [1.54, 1.807) is 6.92 Å². The minimum atomic E-state index is -0.813. The van der Waals surface area contributed by atoms with E-state index in [4.69, 9.17) is 0 Å². The van der Waals surface area contributed by atoms with E-state index in [0.29, 0.717) is 0 Å². The van der Waals surface area contributed by atoms with Crippen LogP contribution in [0.5, 0.6) is 0 Å². The normalized spacial score (nSPS) is 10.3. The van der Waals surface area contributed by atoms with Gasteiger partial charge >= 0.3 is 0 Å². The third-order valence-electron chi connectivity index (χ3n) is 1.88. The molecule has 1 amide bonds. The standard InChI is InChI=1S/C9H8N4O5/c1-2-10-11-9(14)6-3-7(12(15)16)5-8(4-6)13(17)18/h2-5H,1H3,(H,11,14)/b10-2-. The number of hydrogen-bond donors (Lipinski definition) is 1. The largest absolute Gasteiger partial charge is 0.277 e. The Kier molecular flexibility index (Phi) is 4.02. The maximum Gasteiger partial charge on any atom is 0.277 e. The Morgan fingerprint density at radius 3 is 2.11 bits per heavy atom. The number of benzene rings is 1. The van der Waals surface area contributed by atoms with E-state index in [0.717, 1.165) is 18.2 Å². The van der Waals surface area contributed by atoms with Gasteiger partial charge in [0.15, 0.2) is 0 Å². The van der Waals surface area contributed by atoms with E-state index in [9.17, 15) is 25.0 Å². The van der Waals surface area contributed by atoms with Gasteiger partial charge in [-0.2, -0.15) is 5.10 Å². The summed E-state index contributed by atoms with van der Waals surface area (Å²) in [6, 6.07) is 2.65. The molecule has 0 fully saturated rings. The molecule has 94 valence electrons. The minimum Gasteiger partial charge on any atom is -0.267 e. The zero-order valence-corrected chi connectivity index (χ0v) is 9.19. The maximum atomic E-state index is 11.5. The highest BCUT2D eigenvalue weighted by Crippen LogP contribution is 2.22. The Labute approximate surface area is 100 Å². The summed E-state index contributed by atoms with van der Waals surface area (Å²) in [7, 11) is 0. The van der Waals surface area contributed by atoms with Crippen molar-refractivity contribution in [2.75, 3.05) is 0 Å². The molecule has 0 radical (unpaired) electrons. The van der Waals surface area contributed by atoms with Gasteiger partial charge < -0.3 is 0 Å². The van der Waals surface area contributed by atoms with Gasteiger partial charge in [-0.1, -0.05) is 0 Å². The first-order valence-corrected chi connectivity index (χ1v) is 4.67. The molecule has 9 heteroatoms. The van der Waals surface area contributed by atoms with Gasteiger partial charge in [0.1, 0.15) is 0 Å². The fourth-order valence-corrected chi connectivity index (χ4v) is 1.12. The maximum absolute atomic E-state index is 11.5. The summed E-state index contributed by atoms with van der Waals surface area (Å²) in [5.74, 6) is -0.764. The Morgan fingerprint density at radius 1 is 1.22 bits per heavy atom. The van der Waals surface area contributed by atoms with Crippen molar-refractivity contribution in [3.63, 3.8) is 0 Å². The van der Waals surface area contributed by atoms with Crippen molar-refractivity contribution in [3.05, 3.63) is 44.0 Å². The molecular formula is C9H8N4O5. The SMILES string of the molecule is C/C=N\NC(=O)c1cc([N+](=O)[O-])cc([N+](=O)[O-])c1. The zero-order valence-electron chi connectivity index (χ0n) is 9.19. The van der Waals surface area contributed by atoms with Crippen LogP contribution in [-0.2, 0) is 0 Å². The summed E-state index contributed by atoms with van der Waals surface area (Å²) in [6.07, 6.45) is 1.30. The molecule has 0 aliphatic carbocycles. The molecular weight excluding hydrogens is 244 g/mol. The second-order valence-corrected chi connectivity index (χ2v) is 3.08. The number of carbonyl (C=O) groups is 1. The van der Waals surface area contributed by atoms with Gasteiger partial charge in [-0.25, -0.2) is 5.43 Å². The van der Waals surface area contributed by atoms with Gasteiger partial charge in [0, 0.05) is 18.3 Å². The minimum absolute atomic E-state index is 0.207. The lowest BCUT2D eigenvalue weighted by Gasteiger charge is -2.00. The van der Waals surface area contributed by atoms with Crippen molar-refractivity contribution in [1.82, 2.24) is 5.43 Å². The van der Waals surface area contributed by atoms with Crippen LogP contribution < -0.4 is 5.43 Å². The predicted octanol–water partition coefficient (Wildman–Crippen LogP) is 1.24. The number of amides is 1. The molecule has 1 N–H and O–H groups in total. The van der Waals surface area contributed by atoms with Crippen LogP contribution in [0.4, 0.5) is 11.4 Å². The number of carbonyl (C=O) groups excluding carboxylic acids is 1. The van der Waals surface area contributed by atoms with E-state index in [2.05, 4.69) is 10.5 Å². The molecule has 1 rings (SSSR count). The van der Waals surface area contributed by atoms with Crippen LogP contribution in [0, 0.1) is 20.2 Å². The van der Waals surface area contributed by atoms with Crippen LogP contribution in [0.2, 0.25) is 0 Å². The van der Waals surface area contributed by atoms with Gasteiger partial charge in [-0.3, -0.25) is 25.0 Å². The fourth-order valence-electron chi connectivity index (χ4n) is 1.12. The molecule has 0 unspecified atom stereocenters. The summed E-state index contributed by atoms with van der Waals surface area (Å²) < 4.78 is 0. The number of rotatable bonds is 4. The molecule has 1 aromatic carbocycles. The average molecular weight is 252 g/mol. The molecule has 0 bridgehead atoms. The number of nitro groups is 2. The molecule has 0 saturated carbocycles. The first-order chi connectivity index (χ1) is 8.45. The third-order valence-corrected chi connectivity index (χ3v) is 1.88. The second-order valence-electron chi connectivity index (χ2n) is 3.08. The molecule has 18 heavy (non-hydrogen) atoms. The summed E-state index contributed by atoms with van der Waals surface area (Å²) in [5.41, 5.74) is 0.794. The number of hydrazone groups is 1. The Hall–Kier alpha value is -2.84. The fraction of sp³-hybridized carbons (Fsp3) is 0.111. The summed E-state index contributed by atoms with van der Waals surface area (Å²) in [5, 5.41) is 24.6. The summed E-state index contributed by atoms with van der Waals surface area (Å²) in [4.78, 5) is 31.0. The predicted molar refractivity (Wildman–Crippen MR) is 61.4 cm³/mol. The number of nitro benzene ring substituents is 2. The zero-order chi connectivity index (χ0) is 13.7. The third kappa shape index (κ3) is 3.07. The molecule has 0 aliphatic heterocycles. The van der Waals surface area contributed by atoms with Crippen LogP contribution >= 0.6 is 0 Å². The lowest BCUT2D eigenvalue weighted by Crippen LogP contribution is -2.17. The quantitative estimate of drug-likeness (QED) is 0.489.